The van der Waals surface area contributed by atoms with Crippen molar-refractivity contribution < 1.29 is 4.79 Å². The van der Waals surface area contributed by atoms with E-state index in [-0.39, 0.29) is 5.91 Å². The van der Waals surface area contributed by atoms with Gasteiger partial charge in [-0.2, -0.15) is 10.2 Å². The Labute approximate surface area is 168 Å². The summed E-state index contributed by atoms with van der Waals surface area (Å²) in [6.07, 6.45) is 10.1. The van der Waals surface area contributed by atoms with Gasteiger partial charge in [0, 0.05) is 45.3 Å². The highest BCUT2D eigenvalue weighted by molar-refractivity contribution is 5.94. The van der Waals surface area contributed by atoms with Crippen molar-refractivity contribution in [2.24, 2.45) is 16.1 Å². The number of benzene rings is 1. The van der Waals surface area contributed by atoms with E-state index in [9.17, 15) is 4.79 Å². The molecule has 1 saturated heterocycles. The van der Waals surface area contributed by atoms with E-state index >= 15 is 0 Å². The first-order valence-corrected chi connectivity index (χ1v) is 10.2. The molecule has 0 saturated carbocycles. The van der Waals surface area contributed by atoms with Crippen LogP contribution >= 0.6 is 0 Å². The van der Waals surface area contributed by atoms with Crippen molar-refractivity contribution in [2.75, 3.05) is 43.9 Å². The number of terminal acetylenes is 1. The third-order valence-corrected chi connectivity index (χ3v) is 5.56. The van der Waals surface area contributed by atoms with Crippen LogP contribution in [0.25, 0.3) is 0 Å². The molecule has 1 amide bonds. The molecule has 0 spiro atoms. The molecule has 0 unspecified atom stereocenters. The largest absolute Gasteiger partial charge is 0.370 e. The fourth-order valence-electron chi connectivity index (χ4n) is 3.92. The van der Waals surface area contributed by atoms with E-state index < -0.39 is 5.66 Å². The van der Waals surface area contributed by atoms with Crippen LogP contribution in [0, 0.1) is 18.3 Å². The van der Waals surface area contributed by atoms with Crippen LogP contribution in [0.2, 0.25) is 0 Å². The Morgan fingerprint density at radius 1 is 1.29 bits per heavy atom. The number of nitrogens with one attached hydrogen (secondary N) is 1. The van der Waals surface area contributed by atoms with Gasteiger partial charge < -0.3 is 15.1 Å². The van der Waals surface area contributed by atoms with Crippen LogP contribution < -0.4 is 10.2 Å². The average Bonchev–Trinajstić information content (AvgIpc) is 3.46. The summed E-state index contributed by atoms with van der Waals surface area (Å²) in [6.45, 7) is 3.19. The molecule has 28 heavy (non-hydrogen) atoms. The molecule has 150 valence electrons. The van der Waals surface area contributed by atoms with Gasteiger partial charge in [-0.1, -0.05) is 12.1 Å². The number of carbonyl (C=O) groups is 1. The number of hydrogen-bond donors (Lipinski definition) is 1. The summed E-state index contributed by atoms with van der Waals surface area (Å²) in [7, 11) is 4.27. The van der Waals surface area contributed by atoms with E-state index in [1.54, 1.807) is 0 Å². The van der Waals surface area contributed by atoms with Crippen molar-refractivity contribution in [3.63, 3.8) is 0 Å². The molecule has 0 aromatic heterocycles. The second-order valence-electron chi connectivity index (χ2n) is 8.14. The first-order valence-electron chi connectivity index (χ1n) is 10.2. The highest BCUT2D eigenvalue weighted by atomic mass is 16.1. The highest BCUT2D eigenvalue weighted by Gasteiger charge is 2.39. The Morgan fingerprint density at radius 3 is 2.64 bits per heavy atom. The van der Waals surface area contributed by atoms with Gasteiger partial charge in [-0.15, -0.1) is 12.3 Å². The normalized spacial score (nSPS) is 18.1. The van der Waals surface area contributed by atoms with Crippen LogP contribution in [0.3, 0.4) is 0 Å². The third kappa shape index (κ3) is 5.56. The lowest BCUT2D eigenvalue weighted by Crippen LogP contribution is -2.37. The summed E-state index contributed by atoms with van der Waals surface area (Å²) >= 11 is 0. The number of para-hydroxylation sites is 2. The molecule has 0 aliphatic carbocycles. The highest BCUT2D eigenvalue weighted by Crippen LogP contribution is 2.38. The van der Waals surface area contributed by atoms with Gasteiger partial charge >= 0.3 is 0 Å². The third-order valence-electron chi connectivity index (χ3n) is 5.56. The molecule has 1 aromatic carbocycles. The summed E-state index contributed by atoms with van der Waals surface area (Å²) < 4.78 is 0. The van der Waals surface area contributed by atoms with E-state index in [2.05, 4.69) is 51.4 Å². The summed E-state index contributed by atoms with van der Waals surface area (Å²) in [5.74, 6) is 3.37. The van der Waals surface area contributed by atoms with E-state index in [4.69, 9.17) is 6.42 Å². The predicted molar refractivity (Wildman–Crippen MR) is 113 cm³/mol. The molecular formula is C22H31N5O. The summed E-state index contributed by atoms with van der Waals surface area (Å²) in [6, 6.07) is 8.09. The van der Waals surface area contributed by atoms with E-state index in [0.29, 0.717) is 19.3 Å². The van der Waals surface area contributed by atoms with Crippen LogP contribution in [-0.2, 0) is 4.79 Å². The molecular weight excluding hydrogens is 350 g/mol. The van der Waals surface area contributed by atoms with E-state index in [0.717, 1.165) is 43.3 Å². The molecule has 0 atom stereocenters. The van der Waals surface area contributed by atoms with Gasteiger partial charge in [0.15, 0.2) is 5.66 Å². The first-order chi connectivity index (χ1) is 13.5. The Balaban J connectivity index is 1.53. The molecule has 1 fully saturated rings. The topological polar surface area (TPSA) is 60.3 Å². The predicted octanol–water partition coefficient (Wildman–Crippen LogP) is 3.76. The molecule has 2 heterocycles. The molecule has 2 aliphatic heterocycles. The van der Waals surface area contributed by atoms with Gasteiger partial charge in [-0.25, -0.2) is 0 Å². The Hall–Kier alpha value is -2.39. The lowest BCUT2D eigenvalue weighted by molar-refractivity contribution is -0.116. The Morgan fingerprint density at radius 2 is 2.00 bits per heavy atom. The first kappa shape index (κ1) is 20.3. The number of hydrogen-bond acceptors (Lipinski definition) is 5. The maximum absolute atomic E-state index is 12.5. The van der Waals surface area contributed by atoms with Crippen LogP contribution in [-0.4, -0.2) is 50.2 Å². The van der Waals surface area contributed by atoms with Gasteiger partial charge in [0.05, 0.1) is 11.4 Å². The lowest BCUT2D eigenvalue weighted by atomic mass is 9.96. The van der Waals surface area contributed by atoms with E-state index in [1.165, 1.54) is 12.8 Å². The summed E-state index contributed by atoms with van der Waals surface area (Å²) in [5.41, 5.74) is 1.60. The minimum atomic E-state index is -0.405. The number of nitrogens with zero attached hydrogens (tertiary/aromatic N) is 4. The Kier molecular flexibility index (Phi) is 6.69. The smallest absolute Gasteiger partial charge is 0.224 e. The molecule has 2 aliphatic rings. The molecule has 3 rings (SSSR count). The zero-order valence-electron chi connectivity index (χ0n) is 17.0. The van der Waals surface area contributed by atoms with E-state index in [1.807, 2.05) is 18.2 Å². The van der Waals surface area contributed by atoms with Crippen molar-refractivity contribution in [3.05, 3.63) is 24.3 Å². The Bertz CT molecular complexity index is 738. The molecule has 0 bridgehead atoms. The van der Waals surface area contributed by atoms with Crippen LogP contribution in [0.1, 0.15) is 38.5 Å². The molecule has 0 radical (unpaired) electrons. The second-order valence-corrected chi connectivity index (χ2v) is 8.14. The molecule has 1 aromatic rings. The van der Waals surface area contributed by atoms with Crippen molar-refractivity contribution in [1.82, 2.24) is 4.90 Å². The van der Waals surface area contributed by atoms with Crippen molar-refractivity contribution in [1.29, 1.82) is 0 Å². The molecule has 1 N–H and O–H groups in total. The van der Waals surface area contributed by atoms with Gasteiger partial charge in [-0.05, 0) is 45.0 Å². The van der Waals surface area contributed by atoms with Gasteiger partial charge in [-0.3, -0.25) is 4.79 Å². The minimum absolute atomic E-state index is 0.00678. The van der Waals surface area contributed by atoms with Gasteiger partial charge in [0.2, 0.25) is 5.91 Å². The fourth-order valence-corrected chi connectivity index (χ4v) is 3.92. The second kappa shape index (κ2) is 9.20. The van der Waals surface area contributed by atoms with Crippen molar-refractivity contribution >= 4 is 17.3 Å². The number of carbonyl (C=O) groups excluding carboxylic acids is 1. The maximum atomic E-state index is 12.5. The standard InChI is InChI=1S/C22H31N5O/c1-4-5-13-22(24-25-22)14-10-21(28)23-19-8-6-7-9-20(19)27-15-11-18(12-16-27)17-26(2)3/h1,6-9,18H,5,10-17H2,2-3H3,(H,23,28). The zero-order valence-corrected chi connectivity index (χ0v) is 17.0. The van der Waals surface area contributed by atoms with Crippen LogP contribution in [0.4, 0.5) is 11.4 Å². The lowest BCUT2D eigenvalue weighted by Gasteiger charge is -2.35. The summed E-state index contributed by atoms with van der Waals surface area (Å²) in [5, 5.41) is 11.3. The zero-order chi connectivity index (χ0) is 20.0. The van der Waals surface area contributed by atoms with Gasteiger partial charge in [0.1, 0.15) is 0 Å². The summed E-state index contributed by atoms with van der Waals surface area (Å²) in [4.78, 5) is 17.2. The minimum Gasteiger partial charge on any atom is -0.370 e. The SMILES string of the molecule is C#CCCC1(CCC(=O)Nc2ccccc2N2CCC(CN(C)C)CC2)N=N1. The molecule has 6 nitrogen and oxygen atoms in total. The van der Waals surface area contributed by atoms with Crippen molar-refractivity contribution in [3.8, 4) is 12.3 Å². The maximum Gasteiger partial charge on any atom is 0.224 e. The van der Waals surface area contributed by atoms with Gasteiger partial charge in [0.25, 0.3) is 0 Å². The van der Waals surface area contributed by atoms with Crippen LogP contribution in [0.15, 0.2) is 34.5 Å². The number of amides is 1. The number of rotatable bonds is 9. The monoisotopic (exact) mass is 381 g/mol. The molecule has 6 heteroatoms. The van der Waals surface area contributed by atoms with Crippen molar-refractivity contribution in [2.45, 2.75) is 44.2 Å². The quantitative estimate of drug-likeness (QED) is 0.663. The number of piperidine rings is 1. The number of anilines is 2. The fraction of sp³-hybridized carbons (Fsp3) is 0.591. The van der Waals surface area contributed by atoms with Crippen LogP contribution in [0.5, 0.6) is 0 Å². The average molecular weight is 382 g/mol.